The maximum absolute atomic E-state index is 12.7. The Balaban J connectivity index is 1.90. The number of sulfonamides is 1. The van der Waals surface area contributed by atoms with Crippen molar-refractivity contribution in [3.05, 3.63) is 24.3 Å². The average molecular weight is 412 g/mol. The molecule has 1 heterocycles. The second kappa shape index (κ2) is 9.99. The third kappa shape index (κ3) is 6.02. The third-order valence-electron chi connectivity index (χ3n) is 4.67. The minimum atomic E-state index is -3.68. The molecule has 156 valence electrons. The molecule has 0 radical (unpaired) electrons. The van der Waals surface area contributed by atoms with Gasteiger partial charge >= 0.3 is 0 Å². The van der Waals surface area contributed by atoms with Gasteiger partial charge in [-0.25, -0.2) is 8.42 Å². The van der Waals surface area contributed by atoms with Crippen molar-refractivity contribution < 1.29 is 23.1 Å². The minimum Gasteiger partial charge on any atom is -0.395 e. The molecule has 2 rings (SSSR count). The molecule has 8 nitrogen and oxygen atoms in total. The maximum Gasteiger partial charge on any atom is 0.243 e. The summed E-state index contributed by atoms with van der Waals surface area (Å²) >= 11 is 0. The predicted molar refractivity (Wildman–Crippen MR) is 106 cm³/mol. The van der Waals surface area contributed by atoms with E-state index in [1.807, 2.05) is 13.8 Å². The van der Waals surface area contributed by atoms with Crippen LogP contribution in [0, 0.1) is 5.92 Å². The molecule has 1 aliphatic rings. The van der Waals surface area contributed by atoms with E-state index in [0.717, 1.165) is 12.8 Å². The number of aliphatic hydroxyl groups excluding tert-OH is 1. The molecule has 1 atom stereocenters. The summed E-state index contributed by atoms with van der Waals surface area (Å²) in [7, 11) is -3.68. The van der Waals surface area contributed by atoms with Gasteiger partial charge in [0.1, 0.15) is 0 Å². The van der Waals surface area contributed by atoms with Gasteiger partial charge in [-0.05, 0) is 49.4 Å². The molecule has 9 heteroatoms. The number of nitrogens with one attached hydrogen (secondary N) is 2. The zero-order valence-corrected chi connectivity index (χ0v) is 17.2. The zero-order chi connectivity index (χ0) is 20.7. The van der Waals surface area contributed by atoms with Gasteiger partial charge in [0, 0.05) is 24.7 Å². The van der Waals surface area contributed by atoms with Crippen LogP contribution in [-0.2, 0) is 19.6 Å². The van der Waals surface area contributed by atoms with Crippen molar-refractivity contribution in [2.24, 2.45) is 5.92 Å². The molecule has 1 aliphatic heterocycles. The number of anilines is 1. The Kier molecular flexibility index (Phi) is 7.97. The van der Waals surface area contributed by atoms with Crippen molar-refractivity contribution in [1.29, 1.82) is 0 Å². The fourth-order valence-electron chi connectivity index (χ4n) is 3.05. The van der Waals surface area contributed by atoms with Crippen molar-refractivity contribution in [3.8, 4) is 0 Å². The third-order valence-corrected chi connectivity index (χ3v) is 6.64. The molecule has 1 aromatic rings. The Morgan fingerprint density at radius 3 is 2.50 bits per heavy atom. The molecular formula is C19H29N3O5S. The zero-order valence-electron chi connectivity index (χ0n) is 16.3. The van der Waals surface area contributed by atoms with Crippen LogP contribution in [0.5, 0.6) is 0 Å². The van der Waals surface area contributed by atoms with Gasteiger partial charge in [-0.3, -0.25) is 9.59 Å². The lowest BCUT2D eigenvalue weighted by atomic mass is 10.1. The number of nitrogens with zero attached hydrogens (tertiary/aromatic N) is 1. The number of hydrogen-bond acceptors (Lipinski definition) is 5. The molecule has 2 amide bonds. The van der Waals surface area contributed by atoms with Crippen LogP contribution in [0.25, 0.3) is 0 Å². The van der Waals surface area contributed by atoms with Crippen molar-refractivity contribution >= 4 is 27.5 Å². The Morgan fingerprint density at radius 1 is 1.21 bits per heavy atom. The van der Waals surface area contributed by atoms with E-state index in [2.05, 4.69) is 10.6 Å². The Hall–Kier alpha value is -1.97. The van der Waals surface area contributed by atoms with Crippen LogP contribution in [0.3, 0.4) is 0 Å². The van der Waals surface area contributed by atoms with Gasteiger partial charge in [-0.15, -0.1) is 0 Å². The number of carbonyl (C=O) groups is 2. The molecule has 0 aromatic heterocycles. The van der Waals surface area contributed by atoms with E-state index in [1.165, 1.54) is 28.6 Å². The van der Waals surface area contributed by atoms with Gasteiger partial charge in [0.15, 0.2) is 0 Å². The smallest absolute Gasteiger partial charge is 0.243 e. The van der Waals surface area contributed by atoms with Crippen LogP contribution in [0.2, 0.25) is 0 Å². The highest BCUT2D eigenvalue weighted by Crippen LogP contribution is 2.26. The Bertz CT molecular complexity index is 777. The number of benzene rings is 1. The standard InChI is InChI=1S/C19H29N3O5S/c1-14(2)5-10-18(24)20-12-19(25)21-15-6-8-17(9-7-15)28(26,27)22-11-3-4-16(22)13-23/h6-9,14,16,23H,3-5,10-13H2,1-2H3,(H,20,24)(H,21,25)/t16-/m0/s1. The first kappa shape index (κ1) is 22.3. The highest BCUT2D eigenvalue weighted by molar-refractivity contribution is 7.89. The van der Waals surface area contributed by atoms with Crippen LogP contribution < -0.4 is 10.6 Å². The van der Waals surface area contributed by atoms with E-state index < -0.39 is 10.0 Å². The fraction of sp³-hybridized carbons (Fsp3) is 0.579. The van der Waals surface area contributed by atoms with E-state index >= 15 is 0 Å². The van der Waals surface area contributed by atoms with E-state index in [0.29, 0.717) is 31.0 Å². The van der Waals surface area contributed by atoms with Gasteiger partial charge in [0.25, 0.3) is 0 Å². The first-order valence-corrected chi connectivity index (χ1v) is 11.0. The molecule has 28 heavy (non-hydrogen) atoms. The molecule has 1 fully saturated rings. The summed E-state index contributed by atoms with van der Waals surface area (Å²) in [5.41, 5.74) is 0.445. The van der Waals surface area contributed by atoms with Gasteiger partial charge in [0.2, 0.25) is 21.8 Å². The van der Waals surface area contributed by atoms with Crippen molar-refractivity contribution in [2.75, 3.05) is 25.0 Å². The molecular weight excluding hydrogens is 382 g/mol. The summed E-state index contributed by atoms with van der Waals surface area (Å²) in [6.45, 7) is 4.11. The van der Waals surface area contributed by atoms with Gasteiger partial charge in [0.05, 0.1) is 18.0 Å². The van der Waals surface area contributed by atoms with Crippen LogP contribution in [0.15, 0.2) is 29.2 Å². The predicted octanol–water partition coefficient (Wildman–Crippen LogP) is 1.32. The molecule has 0 unspecified atom stereocenters. The lowest BCUT2D eigenvalue weighted by molar-refractivity contribution is -0.124. The van der Waals surface area contributed by atoms with E-state index in [1.54, 1.807) is 0 Å². The molecule has 0 bridgehead atoms. The summed E-state index contributed by atoms with van der Waals surface area (Å²) in [5.74, 6) is -0.134. The normalized spacial score (nSPS) is 17.6. The molecule has 0 spiro atoms. The topological polar surface area (TPSA) is 116 Å². The maximum atomic E-state index is 12.7. The number of hydrogen-bond donors (Lipinski definition) is 3. The van der Waals surface area contributed by atoms with Crippen LogP contribution in [0.1, 0.15) is 39.5 Å². The SMILES string of the molecule is CC(C)CCC(=O)NCC(=O)Nc1ccc(S(=O)(=O)N2CCC[C@H]2CO)cc1. The second-order valence-electron chi connectivity index (χ2n) is 7.38. The second-order valence-corrected chi connectivity index (χ2v) is 9.27. The quantitative estimate of drug-likeness (QED) is 0.567. The number of aliphatic hydroxyl groups is 1. The Labute approximate surface area is 166 Å². The number of amides is 2. The first-order chi connectivity index (χ1) is 13.2. The molecule has 1 aromatic carbocycles. The molecule has 1 saturated heterocycles. The summed E-state index contributed by atoms with van der Waals surface area (Å²) in [6, 6.07) is 5.49. The highest BCUT2D eigenvalue weighted by Gasteiger charge is 2.34. The van der Waals surface area contributed by atoms with Crippen molar-refractivity contribution in [1.82, 2.24) is 9.62 Å². The van der Waals surface area contributed by atoms with Crippen LogP contribution in [-0.4, -0.2) is 55.4 Å². The highest BCUT2D eigenvalue weighted by atomic mass is 32.2. The summed E-state index contributed by atoms with van der Waals surface area (Å²) in [4.78, 5) is 23.7. The van der Waals surface area contributed by atoms with Gasteiger partial charge < -0.3 is 15.7 Å². The van der Waals surface area contributed by atoms with E-state index in [4.69, 9.17) is 0 Å². The lowest BCUT2D eigenvalue weighted by Gasteiger charge is -2.22. The van der Waals surface area contributed by atoms with Gasteiger partial charge in [-0.1, -0.05) is 13.8 Å². The van der Waals surface area contributed by atoms with Crippen molar-refractivity contribution in [2.45, 2.75) is 50.5 Å². The van der Waals surface area contributed by atoms with Gasteiger partial charge in [-0.2, -0.15) is 4.31 Å². The fourth-order valence-corrected chi connectivity index (χ4v) is 4.73. The minimum absolute atomic E-state index is 0.118. The van der Waals surface area contributed by atoms with E-state index in [-0.39, 0.29) is 35.9 Å². The average Bonchev–Trinajstić information content (AvgIpc) is 3.15. The summed E-state index contributed by atoms with van der Waals surface area (Å²) in [5, 5.41) is 14.5. The Morgan fingerprint density at radius 2 is 1.89 bits per heavy atom. The van der Waals surface area contributed by atoms with Crippen LogP contribution in [0.4, 0.5) is 5.69 Å². The first-order valence-electron chi connectivity index (χ1n) is 9.53. The molecule has 0 aliphatic carbocycles. The lowest BCUT2D eigenvalue weighted by Crippen LogP contribution is -2.37. The molecule has 3 N–H and O–H groups in total. The molecule has 0 saturated carbocycles. The summed E-state index contributed by atoms with van der Waals surface area (Å²) in [6.07, 6.45) is 2.51. The summed E-state index contributed by atoms with van der Waals surface area (Å²) < 4.78 is 26.7. The largest absolute Gasteiger partial charge is 0.395 e. The number of rotatable bonds is 9. The van der Waals surface area contributed by atoms with Crippen LogP contribution >= 0.6 is 0 Å². The monoisotopic (exact) mass is 411 g/mol. The number of carbonyl (C=O) groups excluding carboxylic acids is 2. The van der Waals surface area contributed by atoms with E-state index in [9.17, 15) is 23.1 Å². The van der Waals surface area contributed by atoms with Crippen molar-refractivity contribution in [3.63, 3.8) is 0 Å².